The molecule has 1 rings (SSSR count). The van der Waals surface area contributed by atoms with E-state index in [4.69, 9.17) is 0 Å². The average molecular weight is 248 g/mol. The van der Waals surface area contributed by atoms with E-state index in [9.17, 15) is 4.79 Å². The zero-order chi connectivity index (χ0) is 13.5. The minimum atomic E-state index is -0.0368. The summed E-state index contributed by atoms with van der Waals surface area (Å²) < 4.78 is 0. The van der Waals surface area contributed by atoms with Crippen LogP contribution < -0.4 is 10.6 Å². The number of aryl methyl sites for hydroxylation is 1. The number of hydrogen-bond acceptors (Lipinski definition) is 2. The van der Waals surface area contributed by atoms with Crippen molar-refractivity contribution in [1.82, 2.24) is 5.32 Å². The summed E-state index contributed by atoms with van der Waals surface area (Å²) in [6.07, 6.45) is 3.47. The van der Waals surface area contributed by atoms with Crippen LogP contribution in [0, 0.1) is 6.92 Å². The third-order valence-electron chi connectivity index (χ3n) is 3.21. The van der Waals surface area contributed by atoms with Crippen LogP contribution in [0.2, 0.25) is 0 Å². The molecule has 0 saturated heterocycles. The van der Waals surface area contributed by atoms with Gasteiger partial charge in [-0.1, -0.05) is 20.3 Å². The van der Waals surface area contributed by atoms with Crippen LogP contribution in [0.15, 0.2) is 18.2 Å². The van der Waals surface area contributed by atoms with E-state index in [0.717, 1.165) is 17.7 Å². The second kappa shape index (κ2) is 7.04. The second-order valence-electron chi connectivity index (χ2n) is 4.65. The first-order chi connectivity index (χ1) is 8.62. The molecule has 0 aliphatic rings. The predicted molar refractivity (Wildman–Crippen MR) is 77.2 cm³/mol. The molecule has 0 aliphatic carbocycles. The molecule has 1 aromatic rings. The van der Waals surface area contributed by atoms with Gasteiger partial charge in [0.25, 0.3) is 5.91 Å². The molecular weight excluding hydrogens is 224 g/mol. The minimum Gasteiger partial charge on any atom is -0.382 e. The Bertz CT molecular complexity index is 401. The van der Waals surface area contributed by atoms with Crippen molar-refractivity contribution in [2.75, 3.05) is 12.4 Å². The van der Waals surface area contributed by atoms with E-state index in [-0.39, 0.29) is 5.91 Å². The summed E-state index contributed by atoms with van der Waals surface area (Å²) in [4.78, 5) is 11.5. The Morgan fingerprint density at radius 3 is 2.56 bits per heavy atom. The number of carbonyl (C=O) groups is 1. The van der Waals surface area contributed by atoms with Crippen LogP contribution in [-0.2, 0) is 0 Å². The van der Waals surface area contributed by atoms with Gasteiger partial charge in [0.15, 0.2) is 0 Å². The van der Waals surface area contributed by atoms with Gasteiger partial charge < -0.3 is 10.6 Å². The summed E-state index contributed by atoms with van der Waals surface area (Å²) in [5, 5.41) is 6.19. The number of hydrogen-bond donors (Lipinski definition) is 2. The molecule has 1 aromatic carbocycles. The summed E-state index contributed by atoms with van der Waals surface area (Å²) in [5.41, 5.74) is 2.96. The maximum Gasteiger partial charge on any atom is 0.251 e. The normalized spacial score (nSPS) is 12.0. The highest BCUT2D eigenvalue weighted by molar-refractivity contribution is 5.94. The lowest BCUT2D eigenvalue weighted by Gasteiger charge is -2.19. The van der Waals surface area contributed by atoms with Crippen LogP contribution in [0.3, 0.4) is 0 Å². The Morgan fingerprint density at radius 2 is 2.06 bits per heavy atom. The molecule has 0 bridgehead atoms. The predicted octanol–water partition coefficient (Wildman–Crippen LogP) is 3.35. The summed E-state index contributed by atoms with van der Waals surface area (Å²) in [7, 11) is 1.65. The SMILES string of the molecule is CCCC(CC)Nc1ccc(C(=O)NC)cc1C. The topological polar surface area (TPSA) is 41.1 Å². The van der Waals surface area contributed by atoms with Crippen molar-refractivity contribution in [2.45, 2.75) is 46.1 Å². The Labute approximate surface area is 110 Å². The Balaban J connectivity index is 2.82. The molecule has 3 nitrogen and oxygen atoms in total. The van der Waals surface area contributed by atoms with E-state index in [2.05, 4.69) is 24.5 Å². The maximum atomic E-state index is 11.5. The zero-order valence-electron chi connectivity index (χ0n) is 11.8. The standard InChI is InChI=1S/C15H24N2O/c1-5-7-13(6-2)17-14-9-8-12(10-11(14)3)15(18)16-4/h8-10,13,17H,5-7H2,1-4H3,(H,16,18). The van der Waals surface area contributed by atoms with Gasteiger partial charge in [-0.15, -0.1) is 0 Å². The first kappa shape index (κ1) is 14.6. The van der Waals surface area contributed by atoms with E-state index >= 15 is 0 Å². The van der Waals surface area contributed by atoms with E-state index in [1.165, 1.54) is 12.8 Å². The highest BCUT2D eigenvalue weighted by Crippen LogP contribution is 2.19. The van der Waals surface area contributed by atoms with Crippen molar-refractivity contribution < 1.29 is 4.79 Å². The van der Waals surface area contributed by atoms with Gasteiger partial charge in [0.2, 0.25) is 0 Å². The molecule has 0 fully saturated rings. The summed E-state index contributed by atoms with van der Waals surface area (Å²) >= 11 is 0. The van der Waals surface area contributed by atoms with Crippen LogP contribution in [0.5, 0.6) is 0 Å². The quantitative estimate of drug-likeness (QED) is 0.810. The molecule has 2 N–H and O–H groups in total. The highest BCUT2D eigenvalue weighted by atomic mass is 16.1. The lowest BCUT2D eigenvalue weighted by molar-refractivity contribution is 0.0963. The van der Waals surface area contributed by atoms with Gasteiger partial charge >= 0.3 is 0 Å². The average Bonchev–Trinajstić information content (AvgIpc) is 2.39. The molecule has 1 amide bonds. The highest BCUT2D eigenvalue weighted by Gasteiger charge is 2.09. The Kier molecular flexibility index (Phi) is 5.69. The van der Waals surface area contributed by atoms with E-state index in [0.29, 0.717) is 11.6 Å². The van der Waals surface area contributed by atoms with Gasteiger partial charge in [0, 0.05) is 24.3 Å². The van der Waals surface area contributed by atoms with Crippen molar-refractivity contribution in [3.05, 3.63) is 29.3 Å². The number of amides is 1. The van der Waals surface area contributed by atoms with Gasteiger partial charge in [-0.25, -0.2) is 0 Å². The van der Waals surface area contributed by atoms with Crippen molar-refractivity contribution in [1.29, 1.82) is 0 Å². The van der Waals surface area contributed by atoms with Crippen LogP contribution in [-0.4, -0.2) is 19.0 Å². The fourth-order valence-electron chi connectivity index (χ4n) is 2.06. The molecule has 0 aliphatic heterocycles. The van der Waals surface area contributed by atoms with Gasteiger partial charge in [-0.3, -0.25) is 4.79 Å². The number of nitrogens with one attached hydrogen (secondary N) is 2. The number of benzene rings is 1. The van der Waals surface area contributed by atoms with Crippen LogP contribution in [0.4, 0.5) is 5.69 Å². The third-order valence-corrected chi connectivity index (χ3v) is 3.21. The fraction of sp³-hybridized carbons (Fsp3) is 0.533. The Hall–Kier alpha value is -1.51. The van der Waals surface area contributed by atoms with Gasteiger partial charge in [0.05, 0.1) is 0 Å². The Morgan fingerprint density at radius 1 is 1.33 bits per heavy atom. The molecule has 0 radical (unpaired) electrons. The first-order valence-electron chi connectivity index (χ1n) is 6.71. The summed E-state index contributed by atoms with van der Waals surface area (Å²) in [6, 6.07) is 6.31. The van der Waals surface area contributed by atoms with E-state index in [1.807, 2.05) is 25.1 Å². The zero-order valence-corrected chi connectivity index (χ0v) is 11.8. The molecule has 100 valence electrons. The molecular formula is C15H24N2O. The van der Waals surface area contributed by atoms with Crippen molar-refractivity contribution >= 4 is 11.6 Å². The maximum absolute atomic E-state index is 11.5. The molecule has 0 saturated carbocycles. The molecule has 3 heteroatoms. The number of carbonyl (C=O) groups excluding carboxylic acids is 1. The van der Waals surface area contributed by atoms with Crippen LogP contribution in [0.25, 0.3) is 0 Å². The minimum absolute atomic E-state index is 0.0368. The summed E-state index contributed by atoms with van der Waals surface area (Å²) in [5.74, 6) is -0.0368. The van der Waals surface area contributed by atoms with Crippen LogP contribution in [0.1, 0.15) is 49.0 Å². The van der Waals surface area contributed by atoms with E-state index < -0.39 is 0 Å². The van der Waals surface area contributed by atoms with Crippen molar-refractivity contribution in [3.63, 3.8) is 0 Å². The lowest BCUT2D eigenvalue weighted by atomic mass is 10.1. The molecule has 0 heterocycles. The first-order valence-corrected chi connectivity index (χ1v) is 6.71. The van der Waals surface area contributed by atoms with E-state index in [1.54, 1.807) is 7.05 Å². The van der Waals surface area contributed by atoms with Gasteiger partial charge in [-0.05, 0) is 43.5 Å². The monoisotopic (exact) mass is 248 g/mol. The van der Waals surface area contributed by atoms with Gasteiger partial charge in [0.1, 0.15) is 0 Å². The van der Waals surface area contributed by atoms with Gasteiger partial charge in [-0.2, -0.15) is 0 Å². The van der Waals surface area contributed by atoms with Crippen molar-refractivity contribution in [2.24, 2.45) is 0 Å². The molecule has 0 aromatic heterocycles. The molecule has 1 atom stereocenters. The molecule has 18 heavy (non-hydrogen) atoms. The van der Waals surface area contributed by atoms with Crippen molar-refractivity contribution in [3.8, 4) is 0 Å². The second-order valence-corrected chi connectivity index (χ2v) is 4.65. The molecule has 1 unspecified atom stereocenters. The lowest BCUT2D eigenvalue weighted by Crippen LogP contribution is -2.20. The largest absolute Gasteiger partial charge is 0.382 e. The number of rotatable bonds is 6. The smallest absolute Gasteiger partial charge is 0.251 e. The molecule has 0 spiro atoms. The summed E-state index contributed by atoms with van der Waals surface area (Å²) in [6.45, 7) is 6.43. The van der Waals surface area contributed by atoms with Crippen LogP contribution >= 0.6 is 0 Å². The fourth-order valence-corrected chi connectivity index (χ4v) is 2.06. The number of anilines is 1. The third kappa shape index (κ3) is 3.76.